The van der Waals surface area contributed by atoms with Crippen molar-refractivity contribution in [2.45, 2.75) is 26.4 Å². The lowest BCUT2D eigenvalue weighted by atomic mass is 10.2. The molecule has 1 amide bonds. The molecule has 2 aromatic rings. The minimum absolute atomic E-state index is 0.184. The molecule has 1 unspecified atom stereocenters. The van der Waals surface area contributed by atoms with Crippen molar-refractivity contribution in [1.29, 1.82) is 0 Å². The van der Waals surface area contributed by atoms with Crippen LogP contribution >= 0.6 is 15.9 Å². The summed E-state index contributed by atoms with van der Waals surface area (Å²) in [5, 5.41) is 14.6. The van der Waals surface area contributed by atoms with Crippen LogP contribution in [0, 0.1) is 6.92 Å². The molecule has 0 saturated carbocycles. The molecular weight excluding hydrogens is 428 g/mol. The Balaban J connectivity index is 2.01. The fourth-order valence-electron chi connectivity index (χ4n) is 2.35. The molecule has 0 aliphatic rings. The topological polar surface area (TPSA) is 96.9 Å². The van der Waals surface area contributed by atoms with Crippen molar-refractivity contribution >= 4 is 33.5 Å². The smallest absolute Gasteiger partial charge is 0.320 e. The van der Waals surface area contributed by atoms with E-state index < -0.39 is 12.0 Å². The molecule has 8 heteroatoms. The summed E-state index contributed by atoms with van der Waals surface area (Å²) in [4.78, 5) is 23.0. The third-order valence-corrected chi connectivity index (χ3v) is 4.54. The maximum absolute atomic E-state index is 12.1. The molecule has 7 nitrogen and oxygen atoms in total. The predicted molar refractivity (Wildman–Crippen MR) is 110 cm³/mol. The van der Waals surface area contributed by atoms with Gasteiger partial charge in [-0.15, -0.1) is 0 Å². The summed E-state index contributed by atoms with van der Waals surface area (Å²) in [5.41, 5.74) is 2.61. The molecule has 3 N–H and O–H groups in total. The zero-order valence-corrected chi connectivity index (χ0v) is 17.5. The number of hydrogen-bond donors (Lipinski definition) is 3. The van der Waals surface area contributed by atoms with Crippen molar-refractivity contribution in [3.63, 3.8) is 0 Å². The average molecular weight is 451 g/mol. The number of halogens is 1. The van der Waals surface area contributed by atoms with Crippen LogP contribution in [0.5, 0.6) is 11.5 Å². The highest BCUT2D eigenvalue weighted by molar-refractivity contribution is 9.10. The number of hydrogen-bond acceptors (Lipinski definition) is 5. The van der Waals surface area contributed by atoms with Gasteiger partial charge in [-0.3, -0.25) is 9.59 Å². The zero-order chi connectivity index (χ0) is 20.7. The van der Waals surface area contributed by atoms with E-state index in [1.807, 2.05) is 31.2 Å². The number of carbonyl (C=O) groups excluding carboxylic acids is 1. The molecule has 0 spiro atoms. The average Bonchev–Trinajstić information content (AvgIpc) is 2.66. The van der Waals surface area contributed by atoms with Crippen LogP contribution in [0.4, 0.5) is 5.69 Å². The second-order valence-corrected chi connectivity index (χ2v) is 7.11. The van der Waals surface area contributed by atoms with E-state index in [1.165, 1.54) is 7.11 Å². The lowest BCUT2D eigenvalue weighted by Gasteiger charge is -2.15. The van der Waals surface area contributed by atoms with Gasteiger partial charge in [0, 0.05) is 12.2 Å². The molecule has 0 radical (unpaired) electrons. The summed E-state index contributed by atoms with van der Waals surface area (Å²) < 4.78 is 11.6. The van der Waals surface area contributed by atoms with Crippen molar-refractivity contribution in [3.8, 4) is 11.5 Å². The van der Waals surface area contributed by atoms with Crippen LogP contribution in [0.15, 0.2) is 40.9 Å². The van der Waals surface area contributed by atoms with Crippen LogP contribution < -0.4 is 20.1 Å². The standard InChI is InChI=1S/C20H23BrN2O5/c1-12-4-6-15(7-5-12)23-18(24)11-28-19-16(21)8-14(9-17(19)27-3)10-22-13(2)20(25)26/h4-9,13,22H,10-11H2,1-3H3,(H,23,24)(H,25,26). The molecule has 0 saturated heterocycles. The van der Waals surface area contributed by atoms with Gasteiger partial charge in [-0.2, -0.15) is 0 Å². The number of aliphatic carboxylic acids is 1. The Morgan fingerprint density at radius 3 is 2.50 bits per heavy atom. The summed E-state index contributed by atoms with van der Waals surface area (Å²) >= 11 is 3.42. The first kappa shape index (κ1) is 21.7. The molecule has 28 heavy (non-hydrogen) atoms. The molecule has 2 rings (SSSR count). The second kappa shape index (κ2) is 10.1. The van der Waals surface area contributed by atoms with Crippen molar-refractivity contribution < 1.29 is 24.2 Å². The van der Waals surface area contributed by atoms with Gasteiger partial charge in [-0.1, -0.05) is 17.7 Å². The van der Waals surface area contributed by atoms with E-state index in [9.17, 15) is 9.59 Å². The highest BCUT2D eigenvalue weighted by atomic mass is 79.9. The van der Waals surface area contributed by atoms with Gasteiger partial charge >= 0.3 is 5.97 Å². The van der Waals surface area contributed by atoms with Crippen molar-refractivity contribution in [3.05, 3.63) is 52.0 Å². The number of carboxylic acid groups (broad SMARTS) is 1. The molecule has 0 aromatic heterocycles. The number of nitrogens with one attached hydrogen (secondary N) is 2. The van der Waals surface area contributed by atoms with E-state index in [0.717, 1.165) is 11.1 Å². The van der Waals surface area contributed by atoms with Gasteiger partial charge in [-0.25, -0.2) is 0 Å². The first-order valence-corrected chi connectivity index (χ1v) is 9.41. The normalized spacial score (nSPS) is 11.6. The van der Waals surface area contributed by atoms with Crippen LogP contribution in [-0.4, -0.2) is 36.7 Å². The maximum Gasteiger partial charge on any atom is 0.320 e. The van der Waals surface area contributed by atoms with Gasteiger partial charge in [-0.05, 0) is 59.6 Å². The molecule has 0 fully saturated rings. The van der Waals surface area contributed by atoms with E-state index in [1.54, 1.807) is 19.1 Å². The number of carboxylic acids is 1. The Bertz CT molecular complexity index is 839. The minimum Gasteiger partial charge on any atom is -0.493 e. The Hall–Kier alpha value is -2.58. The number of carbonyl (C=O) groups is 2. The van der Waals surface area contributed by atoms with E-state index >= 15 is 0 Å². The Kier molecular flexibility index (Phi) is 7.83. The van der Waals surface area contributed by atoms with Gasteiger partial charge in [0.25, 0.3) is 5.91 Å². The van der Waals surface area contributed by atoms with Crippen LogP contribution in [0.25, 0.3) is 0 Å². The first-order valence-electron chi connectivity index (χ1n) is 8.62. The van der Waals surface area contributed by atoms with E-state index in [0.29, 0.717) is 28.2 Å². The number of anilines is 1. The molecule has 1 atom stereocenters. The Labute approximate surface area is 172 Å². The van der Waals surface area contributed by atoms with E-state index in [-0.39, 0.29) is 12.5 Å². The first-order chi connectivity index (χ1) is 13.3. The van der Waals surface area contributed by atoms with Crippen LogP contribution in [-0.2, 0) is 16.1 Å². The summed E-state index contributed by atoms with van der Waals surface area (Å²) in [6.07, 6.45) is 0. The third kappa shape index (κ3) is 6.24. The van der Waals surface area contributed by atoms with E-state index in [4.69, 9.17) is 14.6 Å². The largest absolute Gasteiger partial charge is 0.493 e. The van der Waals surface area contributed by atoms with Crippen molar-refractivity contribution in [2.75, 3.05) is 19.0 Å². The van der Waals surface area contributed by atoms with Gasteiger partial charge < -0.3 is 25.2 Å². The molecule has 0 heterocycles. The van der Waals surface area contributed by atoms with Gasteiger partial charge in [0.05, 0.1) is 11.6 Å². The highest BCUT2D eigenvalue weighted by Crippen LogP contribution is 2.36. The molecule has 0 aliphatic heterocycles. The van der Waals surface area contributed by atoms with Crippen LogP contribution in [0.2, 0.25) is 0 Å². The summed E-state index contributed by atoms with van der Waals surface area (Å²) in [5.74, 6) is -0.377. The van der Waals surface area contributed by atoms with Crippen molar-refractivity contribution in [2.24, 2.45) is 0 Å². The lowest BCUT2D eigenvalue weighted by Crippen LogP contribution is -2.33. The molecular formula is C20H23BrN2O5. The summed E-state index contributed by atoms with van der Waals surface area (Å²) in [6, 6.07) is 10.3. The summed E-state index contributed by atoms with van der Waals surface area (Å²) in [7, 11) is 1.50. The summed E-state index contributed by atoms with van der Waals surface area (Å²) in [6.45, 7) is 3.70. The number of amides is 1. The maximum atomic E-state index is 12.1. The molecule has 2 aromatic carbocycles. The number of benzene rings is 2. The van der Waals surface area contributed by atoms with Gasteiger partial charge in [0.1, 0.15) is 6.04 Å². The number of methoxy groups -OCH3 is 1. The fraction of sp³-hybridized carbons (Fsp3) is 0.300. The molecule has 0 bridgehead atoms. The number of ether oxygens (including phenoxy) is 2. The predicted octanol–water partition coefficient (Wildman–Crippen LogP) is 3.35. The van der Waals surface area contributed by atoms with Crippen LogP contribution in [0.3, 0.4) is 0 Å². The fourth-order valence-corrected chi connectivity index (χ4v) is 2.95. The minimum atomic E-state index is -0.925. The highest BCUT2D eigenvalue weighted by Gasteiger charge is 2.15. The second-order valence-electron chi connectivity index (χ2n) is 6.25. The van der Waals surface area contributed by atoms with Crippen molar-refractivity contribution in [1.82, 2.24) is 5.32 Å². The molecule has 150 valence electrons. The zero-order valence-electron chi connectivity index (χ0n) is 15.9. The Morgan fingerprint density at radius 1 is 1.21 bits per heavy atom. The van der Waals surface area contributed by atoms with E-state index in [2.05, 4.69) is 26.6 Å². The number of aryl methyl sites for hydroxylation is 1. The number of rotatable bonds is 9. The van der Waals surface area contributed by atoms with Gasteiger partial charge in [0.15, 0.2) is 18.1 Å². The monoisotopic (exact) mass is 450 g/mol. The lowest BCUT2D eigenvalue weighted by molar-refractivity contribution is -0.139. The van der Waals surface area contributed by atoms with Gasteiger partial charge in [0.2, 0.25) is 0 Å². The van der Waals surface area contributed by atoms with Crippen LogP contribution in [0.1, 0.15) is 18.1 Å². The molecule has 0 aliphatic carbocycles. The quantitative estimate of drug-likeness (QED) is 0.541. The third-order valence-electron chi connectivity index (χ3n) is 3.95. The Morgan fingerprint density at radius 2 is 1.89 bits per heavy atom. The SMILES string of the molecule is COc1cc(CNC(C)C(=O)O)cc(Br)c1OCC(=O)Nc1ccc(C)cc1.